The summed E-state index contributed by atoms with van der Waals surface area (Å²) < 4.78 is 0. The lowest BCUT2D eigenvalue weighted by Gasteiger charge is -2.28. The predicted octanol–water partition coefficient (Wildman–Crippen LogP) is 2.92. The van der Waals surface area contributed by atoms with Crippen molar-refractivity contribution in [2.24, 2.45) is 0 Å². The van der Waals surface area contributed by atoms with Crippen molar-refractivity contribution >= 4 is 0 Å². The first kappa shape index (κ1) is 11.2. The van der Waals surface area contributed by atoms with Crippen molar-refractivity contribution < 1.29 is 0 Å². The average molecular weight is 192 g/mol. The highest BCUT2D eigenvalue weighted by molar-refractivity contribution is 5.08. The number of rotatable bonds is 4. The molecule has 1 atom stereocenters. The van der Waals surface area contributed by atoms with Gasteiger partial charge in [0.25, 0.3) is 0 Å². The Morgan fingerprint density at radius 3 is 2.64 bits per heavy atom. The second kappa shape index (κ2) is 4.56. The molecule has 0 amide bonds. The largest absolute Gasteiger partial charge is 0.304 e. The van der Waals surface area contributed by atoms with Gasteiger partial charge < -0.3 is 5.32 Å². The molecule has 78 valence electrons. The van der Waals surface area contributed by atoms with Crippen molar-refractivity contribution in [2.45, 2.75) is 45.7 Å². The van der Waals surface area contributed by atoms with Gasteiger partial charge in [0.2, 0.25) is 0 Å². The third-order valence-corrected chi connectivity index (χ3v) is 2.62. The Hall–Kier alpha value is -0.890. The van der Waals surface area contributed by atoms with E-state index in [0.29, 0.717) is 6.04 Å². The number of nitrogens with zero attached hydrogens (tertiary/aromatic N) is 1. The van der Waals surface area contributed by atoms with Gasteiger partial charge in [0.1, 0.15) is 0 Å². The van der Waals surface area contributed by atoms with E-state index in [1.807, 2.05) is 18.3 Å². The Morgan fingerprint density at radius 1 is 1.43 bits per heavy atom. The Labute approximate surface area is 86.8 Å². The third-order valence-electron chi connectivity index (χ3n) is 2.62. The first-order valence-electron chi connectivity index (χ1n) is 5.24. The van der Waals surface area contributed by atoms with Gasteiger partial charge in [-0.05, 0) is 39.3 Å². The second-order valence-electron chi connectivity index (χ2n) is 4.36. The second-order valence-corrected chi connectivity index (χ2v) is 4.36. The smallest absolute Gasteiger partial charge is 0.0570 e. The number of aromatic nitrogens is 1. The van der Waals surface area contributed by atoms with Crippen LogP contribution in [-0.2, 0) is 0 Å². The lowest BCUT2D eigenvalue weighted by atomic mass is 10.00. The van der Waals surface area contributed by atoms with Gasteiger partial charge in [-0.2, -0.15) is 0 Å². The van der Waals surface area contributed by atoms with Crippen LogP contribution < -0.4 is 5.32 Å². The van der Waals surface area contributed by atoms with Crippen LogP contribution in [0.25, 0.3) is 0 Å². The van der Waals surface area contributed by atoms with Crippen LogP contribution >= 0.6 is 0 Å². The van der Waals surface area contributed by atoms with Crippen molar-refractivity contribution in [1.29, 1.82) is 0 Å². The topological polar surface area (TPSA) is 24.9 Å². The summed E-state index contributed by atoms with van der Waals surface area (Å²) in [6.45, 7) is 8.77. The van der Waals surface area contributed by atoms with E-state index < -0.39 is 0 Å². The summed E-state index contributed by atoms with van der Waals surface area (Å²) in [7, 11) is 0. The van der Waals surface area contributed by atoms with Gasteiger partial charge in [-0.25, -0.2) is 0 Å². The van der Waals surface area contributed by atoms with Gasteiger partial charge in [-0.3, -0.25) is 4.98 Å². The Morgan fingerprint density at radius 2 is 2.14 bits per heavy atom. The Balaban J connectivity index is 2.64. The minimum absolute atomic E-state index is 0.178. The van der Waals surface area contributed by atoms with E-state index in [-0.39, 0.29) is 5.54 Å². The fraction of sp³-hybridized carbons (Fsp3) is 0.583. The summed E-state index contributed by atoms with van der Waals surface area (Å²) in [6, 6.07) is 6.34. The van der Waals surface area contributed by atoms with Crippen LogP contribution in [-0.4, -0.2) is 10.5 Å². The molecule has 0 saturated carbocycles. The number of nitrogens with one attached hydrogen (secondary N) is 1. The molecule has 1 heterocycles. The van der Waals surface area contributed by atoms with Crippen molar-refractivity contribution in [3.8, 4) is 0 Å². The maximum atomic E-state index is 4.33. The highest BCUT2D eigenvalue weighted by Crippen LogP contribution is 2.16. The van der Waals surface area contributed by atoms with Gasteiger partial charge in [0.15, 0.2) is 0 Å². The summed E-state index contributed by atoms with van der Waals surface area (Å²) >= 11 is 0. The molecule has 1 aromatic rings. The lowest BCUT2D eigenvalue weighted by Crippen LogP contribution is -2.40. The SMILES string of the molecule is CCC(C)(C)NC(C)c1ccccn1. The monoisotopic (exact) mass is 192 g/mol. The molecule has 0 aliphatic carbocycles. The molecule has 0 fully saturated rings. The van der Waals surface area contributed by atoms with E-state index in [1.54, 1.807) is 0 Å². The molecule has 0 bridgehead atoms. The standard InChI is InChI=1S/C12H20N2/c1-5-12(3,4)14-10(2)11-8-6-7-9-13-11/h6-10,14H,5H2,1-4H3. The van der Waals surface area contributed by atoms with Crippen LogP contribution in [0.4, 0.5) is 0 Å². The van der Waals surface area contributed by atoms with Gasteiger partial charge in [-0.15, -0.1) is 0 Å². The summed E-state index contributed by atoms with van der Waals surface area (Å²) in [6.07, 6.45) is 2.95. The van der Waals surface area contributed by atoms with Crippen LogP contribution in [0.15, 0.2) is 24.4 Å². The fourth-order valence-electron chi connectivity index (χ4n) is 1.39. The fourth-order valence-corrected chi connectivity index (χ4v) is 1.39. The van der Waals surface area contributed by atoms with Crippen molar-refractivity contribution in [3.05, 3.63) is 30.1 Å². The van der Waals surface area contributed by atoms with E-state index in [9.17, 15) is 0 Å². The highest BCUT2D eigenvalue weighted by atomic mass is 15.0. The van der Waals surface area contributed by atoms with Crippen LogP contribution in [0.1, 0.15) is 45.9 Å². The zero-order valence-electron chi connectivity index (χ0n) is 9.54. The minimum atomic E-state index is 0.178. The molecular weight excluding hydrogens is 172 g/mol. The molecular formula is C12H20N2. The van der Waals surface area contributed by atoms with Gasteiger partial charge in [0, 0.05) is 17.8 Å². The van der Waals surface area contributed by atoms with Crippen molar-refractivity contribution in [3.63, 3.8) is 0 Å². The maximum absolute atomic E-state index is 4.33. The molecule has 1 unspecified atom stereocenters. The molecule has 1 aromatic heterocycles. The molecule has 0 saturated heterocycles. The molecule has 0 aliphatic rings. The van der Waals surface area contributed by atoms with Crippen LogP contribution in [0.3, 0.4) is 0 Å². The normalized spacial score (nSPS) is 14.0. The van der Waals surface area contributed by atoms with Crippen molar-refractivity contribution in [1.82, 2.24) is 10.3 Å². The Kier molecular flexibility index (Phi) is 3.64. The third kappa shape index (κ3) is 3.11. The van der Waals surface area contributed by atoms with Crippen LogP contribution in [0, 0.1) is 0 Å². The molecule has 2 nitrogen and oxygen atoms in total. The predicted molar refractivity (Wildman–Crippen MR) is 60.2 cm³/mol. The summed E-state index contributed by atoms with van der Waals surface area (Å²) in [5, 5.41) is 3.56. The quantitative estimate of drug-likeness (QED) is 0.793. The molecule has 1 N–H and O–H groups in total. The summed E-state index contributed by atoms with van der Waals surface area (Å²) in [5.41, 5.74) is 1.28. The van der Waals surface area contributed by atoms with Gasteiger partial charge in [-0.1, -0.05) is 13.0 Å². The van der Waals surface area contributed by atoms with Gasteiger partial charge in [0.05, 0.1) is 5.69 Å². The molecule has 0 aliphatic heterocycles. The van der Waals surface area contributed by atoms with Crippen LogP contribution in [0.5, 0.6) is 0 Å². The summed E-state index contributed by atoms with van der Waals surface area (Å²) in [5.74, 6) is 0. The zero-order valence-corrected chi connectivity index (χ0v) is 9.54. The van der Waals surface area contributed by atoms with E-state index >= 15 is 0 Å². The highest BCUT2D eigenvalue weighted by Gasteiger charge is 2.18. The maximum Gasteiger partial charge on any atom is 0.0570 e. The Bertz CT molecular complexity index is 267. The number of pyridine rings is 1. The average Bonchev–Trinajstić information content (AvgIpc) is 2.19. The molecule has 2 heteroatoms. The molecule has 0 aromatic carbocycles. The van der Waals surface area contributed by atoms with E-state index in [1.165, 1.54) is 0 Å². The van der Waals surface area contributed by atoms with E-state index in [2.05, 4.69) is 44.1 Å². The first-order chi connectivity index (χ1) is 6.55. The lowest BCUT2D eigenvalue weighted by molar-refractivity contribution is 0.334. The van der Waals surface area contributed by atoms with E-state index in [0.717, 1.165) is 12.1 Å². The minimum Gasteiger partial charge on any atom is -0.304 e. The van der Waals surface area contributed by atoms with E-state index in [4.69, 9.17) is 0 Å². The molecule has 1 rings (SSSR count). The first-order valence-corrected chi connectivity index (χ1v) is 5.24. The number of hydrogen-bond donors (Lipinski definition) is 1. The van der Waals surface area contributed by atoms with Crippen LogP contribution in [0.2, 0.25) is 0 Å². The number of hydrogen-bond acceptors (Lipinski definition) is 2. The molecule has 0 radical (unpaired) electrons. The molecule has 14 heavy (non-hydrogen) atoms. The zero-order chi connectivity index (χ0) is 10.6. The van der Waals surface area contributed by atoms with Crippen molar-refractivity contribution in [2.75, 3.05) is 0 Å². The van der Waals surface area contributed by atoms with Gasteiger partial charge >= 0.3 is 0 Å². The summed E-state index contributed by atoms with van der Waals surface area (Å²) in [4.78, 5) is 4.33. The molecule has 0 spiro atoms.